The Kier molecular flexibility index (Phi) is 4.39. The summed E-state index contributed by atoms with van der Waals surface area (Å²) in [5.41, 5.74) is 5.19. The number of hydrazine groups is 1. The molecule has 1 N–H and O–H groups in total. The second-order valence-corrected chi connectivity index (χ2v) is 6.58. The number of fused-ring (bicyclic) bond motifs is 1. The molecule has 0 spiro atoms. The van der Waals surface area contributed by atoms with Gasteiger partial charge in [-0.15, -0.1) is 0 Å². The van der Waals surface area contributed by atoms with Crippen molar-refractivity contribution >= 4 is 23.0 Å². The van der Waals surface area contributed by atoms with Crippen LogP contribution in [0.1, 0.15) is 5.56 Å². The van der Waals surface area contributed by atoms with Gasteiger partial charge in [-0.2, -0.15) is 0 Å². The van der Waals surface area contributed by atoms with Gasteiger partial charge in [-0.3, -0.25) is 15.5 Å². The van der Waals surface area contributed by atoms with Gasteiger partial charge in [0.2, 0.25) is 11.6 Å². The van der Waals surface area contributed by atoms with E-state index < -0.39 is 4.92 Å². The summed E-state index contributed by atoms with van der Waals surface area (Å²) in [6.07, 6.45) is 2.24. The normalized spacial score (nSPS) is 18.0. The Morgan fingerprint density at radius 1 is 1.12 bits per heavy atom. The van der Waals surface area contributed by atoms with Crippen LogP contribution in [-0.2, 0) is 6.42 Å². The number of hydrogen-bond donors (Lipinski definition) is 1. The van der Waals surface area contributed by atoms with Crippen molar-refractivity contribution in [2.24, 2.45) is 0 Å². The summed E-state index contributed by atoms with van der Waals surface area (Å²) in [7, 11) is 2.06. The van der Waals surface area contributed by atoms with Gasteiger partial charge in [-0.05, 0) is 25.1 Å². The van der Waals surface area contributed by atoms with Crippen molar-refractivity contribution in [1.82, 2.24) is 19.9 Å². The van der Waals surface area contributed by atoms with E-state index in [1.165, 1.54) is 11.9 Å². The van der Waals surface area contributed by atoms with Gasteiger partial charge in [0, 0.05) is 38.4 Å². The number of anilines is 3. The Morgan fingerprint density at radius 2 is 1.88 bits per heavy atom. The third kappa shape index (κ3) is 3.06. The van der Waals surface area contributed by atoms with E-state index in [1.807, 2.05) is 34.2 Å². The number of nitro groups is 1. The van der Waals surface area contributed by atoms with E-state index in [4.69, 9.17) is 0 Å². The van der Waals surface area contributed by atoms with Crippen molar-refractivity contribution in [3.05, 3.63) is 46.3 Å². The summed E-state index contributed by atoms with van der Waals surface area (Å²) in [5.74, 6) is 0.584. The largest absolute Gasteiger partial charge is 0.355 e. The molecule has 2 aliphatic heterocycles. The van der Waals surface area contributed by atoms with Gasteiger partial charge in [0.15, 0.2) is 0 Å². The summed E-state index contributed by atoms with van der Waals surface area (Å²) in [5, 5.41) is 13.8. The highest BCUT2D eigenvalue weighted by Crippen LogP contribution is 2.40. The Labute approximate surface area is 151 Å². The predicted molar refractivity (Wildman–Crippen MR) is 98.5 cm³/mol. The van der Waals surface area contributed by atoms with Crippen LogP contribution in [0.4, 0.5) is 23.0 Å². The molecule has 0 aliphatic carbocycles. The summed E-state index contributed by atoms with van der Waals surface area (Å²) >= 11 is 0. The van der Waals surface area contributed by atoms with Crippen LogP contribution in [0, 0.1) is 10.1 Å². The first-order valence-electron chi connectivity index (χ1n) is 8.68. The number of benzene rings is 1. The molecule has 1 aromatic heterocycles. The third-order valence-corrected chi connectivity index (χ3v) is 4.90. The second-order valence-electron chi connectivity index (χ2n) is 6.58. The number of para-hydroxylation sites is 1. The van der Waals surface area contributed by atoms with E-state index in [9.17, 15) is 10.1 Å². The predicted octanol–water partition coefficient (Wildman–Crippen LogP) is 1.65. The van der Waals surface area contributed by atoms with Crippen molar-refractivity contribution in [2.75, 3.05) is 50.1 Å². The van der Waals surface area contributed by atoms with E-state index in [0.717, 1.165) is 38.3 Å². The van der Waals surface area contributed by atoms with E-state index in [2.05, 4.69) is 27.3 Å². The number of aromatic nitrogens is 2. The molecule has 1 fully saturated rings. The van der Waals surface area contributed by atoms with Gasteiger partial charge in [-0.25, -0.2) is 15.0 Å². The summed E-state index contributed by atoms with van der Waals surface area (Å²) < 4.78 is 0. The molecular weight excluding hydrogens is 334 g/mol. The molecule has 0 atom stereocenters. The molecule has 136 valence electrons. The molecule has 1 aromatic carbocycles. The SMILES string of the molecule is CN1CCN(Nc2ncnc(N3CCc4ccccc43)c2[N+](=O)[O-])CC1. The van der Waals surface area contributed by atoms with Gasteiger partial charge in [0.05, 0.1) is 4.92 Å². The standard InChI is InChI=1S/C17H21N7O2/c1-21-8-10-22(11-9-21)20-16-15(24(25)26)17(19-12-18-16)23-7-6-13-4-2-3-5-14(13)23/h2-5,12H,6-11H2,1H3,(H,18,19,20). The Bertz CT molecular complexity index is 821. The fourth-order valence-corrected chi connectivity index (χ4v) is 3.44. The molecular formula is C17H21N7O2. The minimum absolute atomic E-state index is 0.0804. The average molecular weight is 355 g/mol. The fraction of sp³-hybridized carbons (Fsp3) is 0.412. The van der Waals surface area contributed by atoms with Gasteiger partial charge in [0.25, 0.3) is 0 Å². The quantitative estimate of drug-likeness (QED) is 0.654. The zero-order chi connectivity index (χ0) is 18.1. The van der Waals surface area contributed by atoms with Gasteiger partial charge in [-0.1, -0.05) is 18.2 Å². The molecule has 1 saturated heterocycles. The van der Waals surface area contributed by atoms with Crippen LogP contribution in [0.2, 0.25) is 0 Å². The molecule has 0 bridgehead atoms. The van der Waals surface area contributed by atoms with Crippen LogP contribution in [0.3, 0.4) is 0 Å². The van der Waals surface area contributed by atoms with Crippen LogP contribution in [-0.4, -0.2) is 64.6 Å². The molecule has 0 amide bonds. The van der Waals surface area contributed by atoms with E-state index >= 15 is 0 Å². The van der Waals surface area contributed by atoms with Crippen molar-refractivity contribution in [3.8, 4) is 0 Å². The number of piperazine rings is 1. The monoisotopic (exact) mass is 355 g/mol. The average Bonchev–Trinajstić information content (AvgIpc) is 3.07. The summed E-state index contributed by atoms with van der Waals surface area (Å²) in [6, 6.07) is 7.94. The van der Waals surface area contributed by atoms with E-state index in [-0.39, 0.29) is 11.5 Å². The molecule has 0 radical (unpaired) electrons. The van der Waals surface area contributed by atoms with Gasteiger partial charge < -0.3 is 9.80 Å². The highest BCUT2D eigenvalue weighted by Gasteiger charge is 2.32. The van der Waals surface area contributed by atoms with Crippen molar-refractivity contribution in [1.29, 1.82) is 0 Å². The summed E-state index contributed by atoms with van der Waals surface area (Å²) in [4.78, 5) is 24.0. The van der Waals surface area contributed by atoms with E-state index in [1.54, 1.807) is 0 Å². The molecule has 2 aromatic rings. The Hall–Kier alpha value is -2.78. The maximum atomic E-state index is 11.8. The zero-order valence-electron chi connectivity index (χ0n) is 14.6. The third-order valence-electron chi connectivity index (χ3n) is 4.90. The Balaban J connectivity index is 1.67. The van der Waals surface area contributed by atoms with Crippen LogP contribution in [0.15, 0.2) is 30.6 Å². The number of hydrogen-bond acceptors (Lipinski definition) is 8. The molecule has 2 aliphatic rings. The maximum Gasteiger partial charge on any atom is 0.355 e. The number of nitrogens with one attached hydrogen (secondary N) is 1. The minimum Gasteiger partial charge on any atom is -0.320 e. The lowest BCUT2D eigenvalue weighted by atomic mass is 10.2. The van der Waals surface area contributed by atoms with Crippen molar-refractivity contribution < 1.29 is 4.92 Å². The highest BCUT2D eigenvalue weighted by molar-refractivity contribution is 5.78. The molecule has 4 rings (SSSR count). The molecule has 9 nitrogen and oxygen atoms in total. The van der Waals surface area contributed by atoms with Gasteiger partial charge >= 0.3 is 5.69 Å². The number of nitrogens with zero attached hydrogens (tertiary/aromatic N) is 6. The van der Waals surface area contributed by atoms with Crippen molar-refractivity contribution in [3.63, 3.8) is 0 Å². The van der Waals surface area contributed by atoms with E-state index in [0.29, 0.717) is 12.4 Å². The smallest absolute Gasteiger partial charge is 0.320 e. The molecule has 9 heteroatoms. The van der Waals surface area contributed by atoms with Crippen LogP contribution in [0.5, 0.6) is 0 Å². The second kappa shape index (κ2) is 6.85. The summed E-state index contributed by atoms with van der Waals surface area (Å²) in [6.45, 7) is 4.03. The van der Waals surface area contributed by atoms with Crippen LogP contribution in [0.25, 0.3) is 0 Å². The van der Waals surface area contributed by atoms with Crippen LogP contribution < -0.4 is 10.3 Å². The molecule has 0 saturated carbocycles. The van der Waals surface area contributed by atoms with Crippen LogP contribution >= 0.6 is 0 Å². The lowest BCUT2D eigenvalue weighted by molar-refractivity contribution is -0.383. The number of rotatable bonds is 4. The zero-order valence-corrected chi connectivity index (χ0v) is 14.6. The highest BCUT2D eigenvalue weighted by atomic mass is 16.6. The minimum atomic E-state index is -0.394. The maximum absolute atomic E-state index is 11.8. The lowest BCUT2D eigenvalue weighted by Crippen LogP contribution is -2.47. The fourth-order valence-electron chi connectivity index (χ4n) is 3.44. The Morgan fingerprint density at radius 3 is 2.65 bits per heavy atom. The van der Waals surface area contributed by atoms with Gasteiger partial charge in [0.1, 0.15) is 6.33 Å². The lowest BCUT2D eigenvalue weighted by Gasteiger charge is -2.32. The first-order valence-corrected chi connectivity index (χ1v) is 8.68. The topological polar surface area (TPSA) is 90.7 Å². The number of likely N-dealkylation sites (N-methyl/N-ethyl adjacent to an activating group) is 1. The molecule has 26 heavy (non-hydrogen) atoms. The van der Waals surface area contributed by atoms with Crippen molar-refractivity contribution in [2.45, 2.75) is 6.42 Å². The first-order chi connectivity index (χ1) is 12.6. The molecule has 3 heterocycles. The first kappa shape index (κ1) is 16.7. The molecule has 0 unspecified atom stereocenters.